The molecule has 2 fully saturated rings. The van der Waals surface area contributed by atoms with Crippen molar-refractivity contribution in [3.05, 3.63) is 131 Å². The first-order valence-corrected chi connectivity index (χ1v) is 19.5. The first-order valence-electron chi connectivity index (χ1n) is 19.5. The predicted octanol–water partition coefficient (Wildman–Crippen LogP) is 9.55. The van der Waals surface area contributed by atoms with E-state index < -0.39 is 0 Å². The van der Waals surface area contributed by atoms with Crippen LogP contribution in [0.25, 0.3) is 0 Å². The van der Waals surface area contributed by atoms with Crippen LogP contribution in [0, 0.1) is 42.9 Å². The molecular formula is C46H49N3O7. The van der Waals surface area contributed by atoms with E-state index in [2.05, 4.69) is 19.1 Å². The maximum Gasteiger partial charge on any atom is 0.294 e. The van der Waals surface area contributed by atoms with Gasteiger partial charge >= 0.3 is 0 Å². The number of carbonyl (C=O) groups excluding carboxylic acids is 2. The van der Waals surface area contributed by atoms with Crippen molar-refractivity contribution in [3.63, 3.8) is 0 Å². The van der Waals surface area contributed by atoms with Gasteiger partial charge in [-0.3, -0.25) is 9.59 Å². The van der Waals surface area contributed by atoms with Crippen molar-refractivity contribution in [2.24, 2.45) is 17.8 Å². The summed E-state index contributed by atoms with van der Waals surface area (Å²) in [6.45, 7) is 7.92. The van der Waals surface area contributed by atoms with E-state index in [1.165, 1.54) is 0 Å². The number of furan rings is 2. The molecule has 2 aliphatic rings. The Labute approximate surface area is 328 Å². The van der Waals surface area contributed by atoms with Crippen LogP contribution in [0.1, 0.15) is 82.8 Å². The second-order valence-corrected chi connectivity index (χ2v) is 15.0. The van der Waals surface area contributed by atoms with Crippen LogP contribution in [-0.2, 0) is 13.2 Å². The Morgan fingerprint density at radius 1 is 0.768 bits per heavy atom. The van der Waals surface area contributed by atoms with Gasteiger partial charge in [-0.25, -0.2) is 0 Å². The normalized spacial score (nSPS) is 16.6. The minimum absolute atomic E-state index is 0.00912. The third-order valence-corrected chi connectivity index (χ3v) is 10.9. The molecule has 3 aromatic carbocycles. The van der Waals surface area contributed by atoms with Crippen LogP contribution in [0.15, 0.2) is 106 Å². The number of nitriles is 1. The Hall–Kier alpha value is -5.95. The van der Waals surface area contributed by atoms with Crippen LogP contribution in [0.3, 0.4) is 0 Å². The third kappa shape index (κ3) is 9.46. The van der Waals surface area contributed by atoms with Gasteiger partial charge in [0, 0.05) is 24.8 Å². The summed E-state index contributed by atoms with van der Waals surface area (Å²) in [6.07, 6.45) is 4.38. The number of benzene rings is 3. The zero-order valence-corrected chi connectivity index (χ0v) is 32.3. The molecule has 0 saturated heterocycles. The van der Waals surface area contributed by atoms with Gasteiger partial charge in [0.2, 0.25) is 0 Å². The van der Waals surface area contributed by atoms with Crippen LogP contribution in [0.4, 0.5) is 5.69 Å². The van der Waals surface area contributed by atoms with E-state index in [1.807, 2.05) is 85.5 Å². The zero-order valence-electron chi connectivity index (χ0n) is 32.3. The van der Waals surface area contributed by atoms with Crippen LogP contribution < -0.4 is 19.1 Å². The van der Waals surface area contributed by atoms with E-state index in [4.69, 9.17) is 23.0 Å². The van der Waals surface area contributed by atoms with Gasteiger partial charge in [0.25, 0.3) is 11.8 Å². The molecule has 10 nitrogen and oxygen atoms in total. The van der Waals surface area contributed by atoms with E-state index >= 15 is 0 Å². The number of ether oxygens (including phenoxy) is 3. The Morgan fingerprint density at radius 2 is 1.43 bits per heavy atom. The van der Waals surface area contributed by atoms with Gasteiger partial charge in [0.1, 0.15) is 42.0 Å². The molecule has 2 heterocycles. The van der Waals surface area contributed by atoms with Crippen molar-refractivity contribution >= 4 is 17.5 Å². The highest BCUT2D eigenvalue weighted by atomic mass is 16.5. The summed E-state index contributed by atoms with van der Waals surface area (Å²) in [5.74, 6) is 4.40. The standard InChI is InChI=1S/C46H49N3O7/c1-31-10-21-42(32(2)26-31)54-30-41-19-22-43(55-41)45(50)48(25-7-24-47)27-35-13-14-36(35)28-52-39-17-15-37(16-18-39)49(33(3)34-11-12-34)46(51)44-23-20-40(56-44)29-53-38-8-5-4-6-9-38/h4-6,8-10,15-23,26,33-36H,7,11-14,25,27-30H2,1-3H3. The van der Waals surface area contributed by atoms with Gasteiger partial charge in [-0.15, -0.1) is 0 Å². The summed E-state index contributed by atoms with van der Waals surface area (Å²) in [7, 11) is 0. The Bertz CT molecular complexity index is 2130. The Morgan fingerprint density at radius 3 is 2.07 bits per heavy atom. The van der Waals surface area contributed by atoms with E-state index in [0.29, 0.717) is 42.9 Å². The minimum Gasteiger partial charge on any atom is -0.493 e. The number of para-hydroxylation sites is 1. The molecule has 0 N–H and O–H groups in total. The molecule has 3 atom stereocenters. The first-order chi connectivity index (χ1) is 27.2. The second-order valence-electron chi connectivity index (χ2n) is 15.0. The number of hydrogen-bond acceptors (Lipinski definition) is 8. The molecule has 0 spiro atoms. The van der Waals surface area contributed by atoms with E-state index in [-0.39, 0.29) is 60.8 Å². The molecular weight excluding hydrogens is 707 g/mol. The molecule has 0 radical (unpaired) electrons. The van der Waals surface area contributed by atoms with Crippen molar-refractivity contribution in [1.29, 1.82) is 5.26 Å². The van der Waals surface area contributed by atoms with Crippen LogP contribution in [-0.4, -0.2) is 42.5 Å². The summed E-state index contributed by atoms with van der Waals surface area (Å²) >= 11 is 0. The predicted molar refractivity (Wildman–Crippen MR) is 212 cm³/mol. The highest BCUT2D eigenvalue weighted by Crippen LogP contribution is 2.39. The van der Waals surface area contributed by atoms with Gasteiger partial charge < -0.3 is 32.8 Å². The molecule has 10 heteroatoms. The molecule has 56 heavy (non-hydrogen) atoms. The number of hydrogen-bond donors (Lipinski definition) is 0. The van der Waals surface area contributed by atoms with Gasteiger partial charge in [0.05, 0.1) is 19.1 Å². The van der Waals surface area contributed by atoms with E-state index in [0.717, 1.165) is 54.0 Å². The molecule has 2 aliphatic carbocycles. The SMILES string of the molecule is Cc1ccc(OCc2ccc(C(=O)N(CCC#N)CC3CCC3COc3ccc(N(C(=O)c4ccc(COc5ccccc5)o4)C(C)C4CC4)cc3)o2)c(C)c1. The summed E-state index contributed by atoms with van der Waals surface area (Å²) in [5.41, 5.74) is 2.98. The van der Waals surface area contributed by atoms with Gasteiger partial charge in [-0.1, -0.05) is 35.9 Å². The number of anilines is 1. The minimum atomic E-state index is -0.231. The highest BCUT2D eigenvalue weighted by molar-refractivity contribution is 6.04. The smallest absolute Gasteiger partial charge is 0.294 e. The molecule has 2 aromatic heterocycles. The maximum absolute atomic E-state index is 13.9. The van der Waals surface area contributed by atoms with Crippen LogP contribution >= 0.6 is 0 Å². The van der Waals surface area contributed by atoms with E-state index in [9.17, 15) is 14.9 Å². The molecule has 0 bridgehead atoms. The first kappa shape index (κ1) is 38.3. The molecule has 0 aliphatic heterocycles. The lowest BCUT2D eigenvalue weighted by molar-refractivity contribution is 0.0485. The Kier molecular flexibility index (Phi) is 12.1. The monoisotopic (exact) mass is 755 g/mol. The zero-order chi connectivity index (χ0) is 39.0. The van der Waals surface area contributed by atoms with Crippen LogP contribution in [0.5, 0.6) is 17.2 Å². The number of amides is 2. The average Bonchev–Trinajstić information content (AvgIpc) is 3.76. The number of nitrogens with zero attached hydrogens (tertiary/aromatic N) is 3. The number of aryl methyl sites for hydroxylation is 2. The molecule has 3 unspecified atom stereocenters. The molecule has 7 rings (SSSR count). The number of rotatable bonds is 18. The lowest BCUT2D eigenvalue weighted by Gasteiger charge is -2.39. The van der Waals surface area contributed by atoms with Crippen molar-refractivity contribution in [3.8, 4) is 23.3 Å². The summed E-state index contributed by atoms with van der Waals surface area (Å²) in [5, 5.41) is 9.34. The molecule has 2 saturated carbocycles. The fraction of sp³-hybridized carbons (Fsp3) is 0.370. The lowest BCUT2D eigenvalue weighted by Crippen LogP contribution is -2.43. The van der Waals surface area contributed by atoms with E-state index in [1.54, 1.807) is 29.2 Å². The number of carbonyl (C=O) groups is 2. The fourth-order valence-corrected chi connectivity index (χ4v) is 7.27. The molecule has 2 amide bonds. The van der Waals surface area contributed by atoms with Crippen molar-refractivity contribution < 1.29 is 32.6 Å². The van der Waals surface area contributed by atoms with Crippen LogP contribution in [0.2, 0.25) is 0 Å². The summed E-state index contributed by atoms with van der Waals surface area (Å²) in [6, 6.07) is 32.3. The van der Waals surface area contributed by atoms with Gasteiger partial charge in [-0.2, -0.15) is 5.26 Å². The third-order valence-electron chi connectivity index (χ3n) is 10.9. The van der Waals surface area contributed by atoms with Crippen molar-refractivity contribution in [2.75, 3.05) is 24.6 Å². The fourth-order valence-electron chi connectivity index (χ4n) is 7.27. The quantitative estimate of drug-likeness (QED) is 0.0868. The topological polar surface area (TPSA) is 118 Å². The average molecular weight is 756 g/mol. The highest BCUT2D eigenvalue weighted by Gasteiger charge is 2.37. The summed E-state index contributed by atoms with van der Waals surface area (Å²) < 4.78 is 29.9. The van der Waals surface area contributed by atoms with Crippen molar-refractivity contribution in [1.82, 2.24) is 4.90 Å². The largest absolute Gasteiger partial charge is 0.493 e. The van der Waals surface area contributed by atoms with Gasteiger partial charge in [-0.05, 0) is 137 Å². The Balaban J connectivity index is 0.934. The second kappa shape index (κ2) is 17.7. The summed E-state index contributed by atoms with van der Waals surface area (Å²) in [4.78, 5) is 31.1. The maximum atomic E-state index is 13.9. The van der Waals surface area contributed by atoms with Crippen molar-refractivity contribution in [2.45, 2.75) is 72.1 Å². The molecule has 290 valence electrons. The lowest BCUT2D eigenvalue weighted by atomic mass is 9.74. The van der Waals surface area contributed by atoms with Gasteiger partial charge in [0.15, 0.2) is 11.5 Å². The molecule has 5 aromatic rings.